The molecule has 3 nitrogen and oxygen atoms in total. The summed E-state index contributed by atoms with van der Waals surface area (Å²) in [5, 5.41) is 8.90. The number of ether oxygens (including phenoxy) is 2. The van der Waals surface area contributed by atoms with E-state index in [2.05, 4.69) is 24.3 Å². The Labute approximate surface area is 124 Å². The number of benzene rings is 2. The number of rotatable bonds is 4. The van der Waals surface area contributed by atoms with Crippen molar-refractivity contribution in [2.45, 2.75) is 25.9 Å². The van der Waals surface area contributed by atoms with Crippen molar-refractivity contribution >= 4 is 0 Å². The number of aryl methyl sites for hydroxylation is 2. The maximum absolute atomic E-state index is 8.90. The first kappa shape index (κ1) is 13.5. The standard InChI is InChI=1S/C18H17NO2/c1-20-18-10-13(11-19)6-8-17(18)21-12-14-5-7-15-3-2-4-16(15)9-14/h5-10H,2-4,12H2,1H3. The maximum Gasteiger partial charge on any atom is 0.162 e. The molecule has 0 aliphatic heterocycles. The van der Waals surface area contributed by atoms with Gasteiger partial charge in [0.15, 0.2) is 11.5 Å². The predicted molar refractivity (Wildman–Crippen MR) is 80.5 cm³/mol. The van der Waals surface area contributed by atoms with Crippen molar-refractivity contribution in [2.24, 2.45) is 0 Å². The van der Waals surface area contributed by atoms with Crippen LogP contribution in [0.25, 0.3) is 0 Å². The van der Waals surface area contributed by atoms with Crippen LogP contribution in [0.1, 0.15) is 28.7 Å². The van der Waals surface area contributed by atoms with E-state index < -0.39 is 0 Å². The van der Waals surface area contributed by atoms with E-state index in [1.165, 1.54) is 36.0 Å². The molecule has 2 aromatic carbocycles. The summed E-state index contributed by atoms with van der Waals surface area (Å²) < 4.78 is 11.1. The van der Waals surface area contributed by atoms with Crippen molar-refractivity contribution in [1.82, 2.24) is 0 Å². The van der Waals surface area contributed by atoms with E-state index >= 15 is 0 Å². The number of methoxy groups -OCH3 is 1. The van der Waals surface area contributed by atoms with Crippen LogP contribution in [0.15, 0.2) is 36.4 Å². The summed E-state index contributed by atoms with van der Waals surface area (Å²) in [7, 11) is 1.58. The highest BCUT2D eigenvalue weighted by Crippen LogP contribution is 2.29. The summed E-state index contributed by atoms with van der Waals surface area (Å²) in [6.07, 6.45) is 3.62. The summed E-state index contributed by atoms with van der Waals surface area (Å²) in [4.78, 5) is 0. The number of fused-ring (bicyclic) bond motifs is 1. The van der Waals surface area contributed by atoms with E-state index in [0.717, 1.165) is 0 Å². The summed E-state index contributed by atoms with van der Waals surface area (Å²) in [6, 6.07) is 13.9. The zero-order valence-electron chi connectivity index (χ0n) is 12.1. The van der Waals surface area contributed by atoms with Crippen molar-refractivity contribution in [1.29, 1.82) is 5.26 Å². The van der Waals surface area contributed by atoms with Gasteiger partial charge in [0.2, 0.25) is 0 Å². The van der Waals surface area contributed by atoms with Crippen LogP contribution in [0.3, 0.4) is 0 Å². The molecule has 2 aromatic rings. The SMILES string of the molecule is COc1cc(C#N)ccc1OCc1ccc2c(c1)CCC2. The number of hydrogen-bond acceptors (Lipinski definition) is 3. The normalized spacial score (nSPS) is 12.6. The zero-order chi connectivity index (χ0) is 14.7. The van der Waals surface area contributed by atoms with Crippen molar-refractivity contribution in [3.05, 3.63) is 58.7 Å². The largest absolute Gasteiger partial charge is 0.493 e. The van der Waals surface area contributed by atoms with Gasteiger partial charge in [-0.1, -0.05) is 18.2 Å². The summed E-state index contributed by atoms with van der Waals surface area (Å²) in [6.45, 7) is 0.509. The highest BCUT2D eigenvalue weighted by molar-refractivity contribution is 5.47. The van der Waals surface area contributed by atoms with E-state index in [9.17, 15) is 0 Å². The molecule has 3 rings (SSSR count). The minimum atomic E-state index is 0.509. The molecule has 21 heavy (non-hydrogen) atoms. The van der Waals surface area contributed by atoms with E-state index in [-0.39, 0.29) is 0 Å². The first-order valence-corrected chi connectivity index (χ1v) is 7.12. The molecule has 106 valence electrons. The van der Waals surface area contributed by atoms with E-state index in [4.69, 9.17) is 14.7 Å². The van der Waals surface area contributed by atoms with Crippen molar-refractivity contribution in [3.63, 3.8) is 0 Å². The molecular formula is C18H17NO2. The maximum atomic E-state index is 8.90. The second-order valence-corrected chi connectivity index (χ2v) is 5.22. The Morgan fingerprint density at radius 2 is 1.90 bits per heavy atom. The molecule has 0 unspecified atom stereocenters. The lowest BCUT2D eigenvalue weighted by Gasteiger charge is -2.11. The molecule has 3 heteroatoms. The first-order valence-electron chi connectivity index (χ1n) is 7.12. The van der Waals surface area contributed by atoms with Gasteiger partial charge in [-0.15, -0.1) is 0 Å². The van der Waals surface area contributed by atoms with Gasteiger partial charge in [-0.25, -0.2) is 0 Å². The van der Waals surface area contributed by atoms with Crippen LogP contribution < -0.4 is 9.47 Å². The molecule has 0 heterocycles. The molecule has 0 aromatic heterocycles. The van der Waals surface area contributed by atoms with Crippen molar-refractivity contribution in [3.8, 4) is 17.6 Å². The van der Waals surface area contributed by atoms with Crippen LogP contribution in [-0.2, 0) is 19.4 Å². The third-order valence-corrected chi connectivity index (χ3v) is 3.85. The average molecular weight is 279 g/mol. The lowest BCUT2D eigenvalue weighted by atomic mass is 10.1. The minimum absolute atomic E-state index is 0.509. The van der Waals surface area contributed by atoms with Crippen LogP contribution >= 0.6 is 0 Å². The van der Waals surface area contributed by atoms with Gasteiger partial charge >= 0.3 is 0 Å². The second-order valence-electron chi connectivity index (χ2n) is 5.22. The lowest BCUT2D eigenvalue weighted by Crippen LogP contribution is -1.99. The monoisotopic (exact) mass is 279 g/mol. The minimum Gasteiger partial charge on any atom is -0.493 e. The molecule has 0 N–H and O–H groups in total. The third kappa shape index (κ3) is 2.85. The summed E-state index contributed by atoms with van der Waals surface area (Å²) in [5.74, 6) is 1.26. The van der Waals surface area contributed by atoms with E-state index in [1.54, 1.807) is 25.3 Å². The van der Waals surface area contributed by atoms with Gasteiger partial charge in [-0.2, -0.15) is 5.26 Å². The molecular weight excluding hydrogens is 262 g/mol. The van der Waals surface area contributed by atoms with Gasteiger partial charge in [-0.05, 0) is 48.1 Å². The molecule has 0 spiro atoms. The Morgan fingerprint density at radius 3 is 2.71 bits per heavy atom. The summed E-state index contributed by atoms with van der Waals surface area (Å²) >= 11 is 0. The fourth-order valence-corrected chi connectivity index (χ4v) is 2.73. The Kier molecular flexibility index (Phi) is 3.79. The predicted octanol–water partition coefficient (Wildman–Crippen LogP) is 3.63. The van der Waals surface area contributed by atoms with Crippen LogP contribution in [0.4, 0.5) is 0 Å². The van der Waals surface area contributed by atoms with Gasteiger partial charge in [0.25, 0.3) is 0 Å². The molecule has 1 aliphatic carbocycles. The number of nitriles is 1. The van der Waals surface area contributed by atoms with E-state index in [0.29, 0.717) is 23.7 Å². The molecule has 0 saturated carbocycles. The molecule has 0 fully saturated rings. The molecule has 0 amide bonds. The van der Waals surface area contributed by atoms with Gasteiger partial charge < -0.3 is 9.47 Å². The quantitative estimate of drug-likeness (QED) is 0.858. The highest BCUT2D eigenvalue weighted by Gasteiger charge is 2.11. The van der Waals surface area contributed by atoms with Crippen LogP contribution in [0.5, 0.6) is 11.5 Å². The zero-order valence-corrected chi connectivity index (χ0v) is 12.1. The van der Waals surface area contributed by atoms with Gasteiger partial charge in [-0.3, -0.25) is 0 Å². The van der Waals surface area contributed by atoms with Gasteiger partial charge in [0.1, 0.15) is 6.61 Å². The average Bonchev–Trinajstić information content (AvgIpc) is 3.00. The fraction of sp³-hybridized carbons (Fsp3) is 0.278. The lowest BCUT2D eigenvalue weighted by molar-refractivity contribution is 0.284. The van der Waals surface area contributed by atoms with Gasteiger partial charge in [0.05, 0.1) is 18.7 Å². The first-order chi connectivity index (χ1) is 10.3. The number of nitrogens with zero attached hydrogens (tertiary/aromatic N) is 1. The van der Waals surface area contributed by atoms with Crippen LogP contribution in [0.2, 0.25) is 0 Å². The molecule has 0 atom stereocenters. The van der Waals surface area contributed by atoms with Crippen LogP contribution in [-0.4, -0.2) is 7.11 Å². The van der Waals surface area contributed by atoms with Crippen molar-refractivity contribution < 1.29 is 9.47 Å². The third-order valence-electron chi connectivity index (χ3n) is 3.85. The Hall–Kier alpha value is -2.47. The molecule has 0 radical (unpaired) electrons. The molecule has 0 saturated heterocycles. The Bertz CT molecular complexity index is 701. The van der Waals surface area contributed by atoms with Gasteiger partial charge in [0, 0.05) is 6.07 Å². The van der Waals surface area contributed by atoms with Crippen molar-refractivity contribution in [2.75, 3.05) is 7.11 Å². The Balaban J connectivity index is 1.74. The second kappa shape index (κ2) is 5.88. The molecule has 0 bridgehead atoms. The summed E-state index contributed by atoms with van der Waals surface area (Å²) in [5.41, 5.74) is 4.65. The topological polar surface area (TPSA) is 42.2 Å². The number of hydrogen-bond donors (Lipinski definition) is 0. The molecule has 1 aliphatic rings. The van der Waals surface area contributed by atoms with Crippen LogP contribution in [0, 0.1) is 11.3 Å². The highest BCUT2D eigenvalue weighted by atomic mass is 16.5. The fourth-order valence-electron chi connectivity index (χ4n) is 2.73. The Morgan fingerprint density at radius 1 is 1.05 bits per heavy atom. The smallest absolute Gasteiger partial charge is 0.162 e. The van der Waals surface area contributed by atoms with E-state index in [1.807, 2.05) is 0 Å².